The van der Waals surface area contributed by atoms with E-state index in [2.05, 4.69) is 33.1 Å². The van der Waals surface area contributed by atoms with E-state index >= 15 is 0 Å². The molecule has 0 aromatic heterocycles. The molecular formula is C15H20BrFN2O. The summed E-state index contributed by atoms with van der Waals surface area (Å²) in [7, 11) is 0. The molecule has 1 aliphatic heterocycles. The number of halogens is 2. The summed E-state index contributed by atoms with van der Waals surface area (Å²) < 4.78 is 13.7. The zero-order valence-corrected chi connectivity index (χ0v) is 13.2. The quantitative estimate of drug-likeness (QED) is 0.891. The van der Waals surface area contributed by atoms with Gasteiger partial charge in [0.25, 0.3) is 5.91 Å². The number of rotatable bonds is 5. The van der Waals surface area contributed by atoms with Gasteiger partial charge in [-0.1, -0.05) is 6.92 Å². The lowest BCUT2D eigenvalue weighted by molar-refractivity contribution is 0.0944. The Bertz CT molecular complexity index is 475. The molecular weight excluding hydrogens is 323 g/mol. The van der Waals surface area contributed by atoms with E-state index in [1.807, 2.05) is 0 Å². The van der Waals surface area contributed by atoms with E-state index in [1.54, 1.807) is 12.1 Å². The van der Waals surface area contributed by atoms with Gasteiger partial charge in [-0.25, -0.2) is 4.39 Å². The fourth-order valence-corrected chi connectivity index (χ4v) is 2.72. The Morgan fingerprint density at radius 2 is 2.15 bits per heavy atom. The maximum atomic E-state index is 13.4. The zero-order valence-electron chi connectivity index (χ0n) is 11.7. The van der Waals surface area contributed by atoms with Gasteiger partial charge < -0.3 is 10.2 Å². The molecule has 1 aromatic carbocycles. The van der Waals surface area contributed by atoms with Crippen LogP contribution in [0.5, 0.6) is 0 Å². The van der Waals surface area contributed by atoms with Crippen molar-refractivity contribution in [1.82, 2.24) is 10.2 Å². The summed E-state index contributed by atoms with van der Waals surface area (Å²) in [6.45, 7) is 6.08. The van der Waals surface area contributed by atoms with Crippen LogP contribution in [0.4, 0.5) is 4.39 Å². The molecule has 1 N–H and O–H groups in total. The lowest BCUT2D eigenvalue weighted by Gasteiger charge is -2.20. The topological polar surface area (TPSA) is 32.3 Å². The van der Waals surface area contributed by atoms with Gasteiger partial charge in [0.15, 0.2) is 0 Å². The molecule has 0 radical (unpaired) electrons. The third-order valence-corrected chi connectivity index (χ3v) is 4.20. The van der Waals surface area contributed by atoms with Crippen LogP contribution in [0.1, 0.15) is 30.1 Å². The van der Waals surface area contributed by atoms with E-state index in [9.17, 15) is 9.18 Å². The van der Waals surface area contributed by atoms with Crippen molar-refractivity contribution in [1.29, 1.82) is 0 Å². The van der Waals surface area contributed by atoms with Crippen LogP contribution in [0.3, 0.4) is 0 Å². The number of hydrogen-bond donors (Lipinski definition) is 1. The highest BCUT2D eigenvalue weighted by Gasteiger charge is 2.15. The smallest absolute Gasteiger partial charge is 0.251 e. The summed E-state index contributed by atoms with van der Waals surface area (Å²) in [4.78, 5) is 14.4. The van der Waals surface area contributed by atoms with Crippen molar-refractivity contribution in [2.75, 3.05) is 26.2 Å². The molecule has 0 spiro atoms. The Hall–Kier alpha value is -0.940. The summed E-state index contributed by atoms with van der Waals surface area (Å²) in [6.07, 6.45) is 2.55. The van der Waals surface area contributed by atoms with Crippen molar-refractivity contribution in [2.24, 2.45) is 5.92 Å². The minimum absolute atomic E-state index is 0.218. The predicted molar refractivity (Wildman–Crippen MR) is 81.3 cm³/mol. The molecule has 20 heavy (non-hydrogen) atoms. The molecule has 1 atom stereocenters. The van der Waals surface area contributed by atoms with E-state index < -0.39 is 5.82 Å². The molecule has 3 nitrogen and oxygen atoms in total. The molecule has 1 aromatic rings. The minimum Gasteiger partial charge on any atom is -0.352 e. The van der Waals surface area contributed by atoms with E-state index in [-0.39, 0.29) is 5.91 Å². The second kappa shape index (κ2) is 7.18. The second-order valence-corrected chi connectivity index (χ2v) is 6.31. The van der Waals surface area contributed by atoms with Crippen LogP contribution in [-0.2, 0) is 0 Å². The molecule has 1 aliphatic rings. The average Bonchev–Trinajstić information content (AvgIpc) is 2.92. The van der Waals surface area contributed by atoms with Gasteiger partial charge in [0.2, 0.25) is 0 Å². The maximum Gasteiger partial charge on any atom is 0.251 e. The Labute approximate surface area is 127 Å². The van der Waals surface area contributed by atoms with Gasteiger partial charge in [-0.3, -0.25) is 4.79 Å². The third kappa shape index (κ3) is 4.28. The Kier molecular flexibility index (Phi) is 5.54. The first-order valence-electron chi connectivity index (χ1n) is 7.02. The van der Waals surface area contributed by atoms with Crippen molar-refractivity contribution in [3.05, 3.63) is 34.1 Å². The van der Waals surface area contributed by atoms with Crippen LogP contribution < -0.4 is 5.32 Å². The Morgan fingerprint density at radius 3 is 2.80 bits per heavy atom. The fraction of sp³-hybridized carbons (Fsp3) is 0.533. The Balaban J connectivity index is 1.80. The number of likely N-dealkylation sites (tertiary alicyclic amines) is 1. The number of nitrogens with one attached hydrogen (secondary N) is 1. The SMILES string of the molecule is CC(CNC(=O)c1ccc(Br)c(F)c1)CN1CCCC1. The lowest BCUT2D eigenvalue weighted by atomic mass is 10.1. The van der Waals surface area contributed by atoms with E-state index in [1.165, 1.54) is 18.9 Å². The number of carbonyl (C=O) groups is 1. The summed E-state index contributed by atoms with van der Waals surface area (Å²) in [5, 5.41) is 2.87. The molecule has 0 saturated carbocycles. The van der Waals surface area contributed by atoms with Gasteiger partial charge >= 0.3 is 0 Å². The van der Waals surface area contributed by atoms with Gasteiger partial charge in [0.1, 0.15) is 5.82 Å². The third-order valence-electron chi connectivity index (χ3n) is 3.56. The molecule has 1 saturated heterocycles. The van der Waals surface area contributed by atoms with Gasteiger partial charge in [0.05, 0.1) is 4.47 Å². The molecule has 1 amide bonds. The molecule has 0 aliphatic carbocycles. The van der Waals surface area contributed by atoms with Crippen LogP contribution in [0, 0.1) is 11.7 Å². The van der Waals surface area contributed by atoms with E-state index in [0.717, 1.165) is 19.6 Å². The average molecular weight is 343 g/mol. The highest BCUT2D eigenvalue weighted by Crippen LogP contribution is 2.16. The molecule has 1 heterocycles. The van der Waals surface area contributed by atoms with E-state index in [4.69, 9.17) is 0 Å². The summed E-state index contributed by atoms with van der Waals surface area (Å²) in [5.41, 5.74) is 0.360. The molecule has 0 bridgehead atoms. The summed E-state index contributed by atoms with van der Waals surface area (Å²) in [6, 6.07) is 4.43. The standard InChI is InChI=1S/C15H20BrFN2O/c1-11(10-19-6-2-3-7-19)9-18-15(20)12-4-5-13(16)14(17)8-12/h4-5,8,11H,2-3,6-7,9-10H2,1H3,(H,18,20). The zero-order chi connectivity index (χ0) is 14.5. The first kappa shape index (κ1) is 15.4. The van der Waals surface area contributed by atoms with Crippen LogP contribution in [0.15, 0.2) is 22.7 Å². The highest BCUT2D eigenvalue weighted by atomic mass is 79.9. The molecule has 110 valence electrons. The van der Waals surface area contributed by atoms with Crippen LogP contribution >= 0.6 is 15.9 Å². The van der Waals surface area contributed by atoms with Crippen LogP contribution in [0.2, 0.25) is 0 Å². The normalized spacial score (nSPS) is 17.1. The fourth-order valence-electron chi connectivity index (χ4n) is 2.48. The lowest BCUT2D eigenvalue weighted by Crippen LogP contribution is -2.34. The summed E-state index contributed by atoms with van der Waals surface area (Å²) in [5.74, 6) is -0.232. The number of benzene rings is 1. The maximum absolute atomic E-state index is 13.4. The van der Waals surface area contributed by atoms with Crippen LogP contribution in [-0.4, -0.2) is 37.0 Å². The van der Waals surface area contributed by atoms with Crippen molar-refractivity contribution >= 4 is 21.8 Å². The predicted octanol–water partition coefficient (Wildman–Crippen LogP) is 3.05. The highest BCUT2D eigenvalue weighted by molar-refractivity contribution is 9.10. The van der Waals surface area contributed by atoms with Crippen molar-refractivity contribution < 1.29 is 9.18 Å². The summed E-state index contributed by atoms with van der Waals surface area (Å²) >= 11 is 3.08. The second-order valence-electron chi connectivity index (χ2n) is 5.45. The number of carbonyl (C=O) groups excluding carboxylic acids is 1. The van der Waals surface area contributed by atoms with Crippen molar-refractivity contribution in [2.45, 2.75) is 19.8 Å². The first-order valence-corrected chi connectivity index (χ1v) is 7.81. The van der Waals surface area contributed by atoms with Gasteiger partial charge in [-0.15, -0.1) is 0 Å². The molecule has 1 fully saturated rings. The molecule has 5 heteroatoms. The molecule has 1 unspecified atom stereocenters. The van der Waals surface area contributed by atoms with Crippen molar-refractivity contribution in [3.8, 4) is 0 Å². The first-order chi connectivity index (χ1) is 9.56. The number of nitrogens with zero attached hydrogens (tertiary/aromatic N) is 1. The van der Waals surface area contributed by atoms with Gasteiger partial charge in [-0.05, 0) is 66.0 Å². The van der Waals surface area contributed by atoms with Crippen LogP contribution in [0.25, 0.3) is 0 Å². The largest absolute Gasteiger partial charge is 0.352 e. The minimum atomic E-state index is -0.414. The van der Waals surface area contributed by atoms with Crippen molar-refractivity contribution in [3.63, 3.8) is 0 Å². The van der Waals surface area contributed by atoms with Gasteiger partial charge in [-0.2, -0.15) is 0 Å². The number of amides is 1. The Morgan fingerprint density at radius 1 is 1.45 bits per heavy atom. The number of hydrogen-bond acceptors (Lipinski definition) is 2. The monoisotopic (exact) mass is 342 g/mol. The van der Waals surface area contributed by atoms with E-state index in [0.29, 0.717) is 22.5 Å². The molecule has 2 rings (SSSR count). The van der Waals surface area contributed by atoms with Gasteiger partial charge in [0, 0.05) is 18.7 Å².